The summed E-state index contributed by atoms with van der Waals surface area (Å²) < 4.78 is 84.2. The van der Waals surface area contributed by atoms with Crippen LogP contribution in [0.25, 0.3) is 0 Å². The second-order valence-corrected chi connectivity index (χ2v) is 11.9. The van der Waals surface area contributed by atoms with E-state index in [0.29, 0.717) is 5.56 Å². The quantitative estimate of drug-likeness (QED) is 0.440. The highest BCUT2D eigenvalue weighted by Gasteiger charge is 2.45. The van der Waals surface area contributed by atoms with Gasteiger partial charge in [0, 0.05) is 6.54 Å². The van der Waals surface area contributed by atoms with Crippen molar-refractivity contribution in [3.05, 3.63) is 95.1 Å². The molecule has 1 saturated heterocycles. The molecule has 5 nitrogen and oxygen atoms in total. The lowest BCUT2D eigenvalue weighted by atomic mass is 10.1. The fourth-order valence-corrected chi connectivity index (χ4v) is 7.53. The molecule has 0 saturated carbocycles. The Balaban J connectivity index is 1.77. The molecule has 3 unspecified atom stereocenters. The summed E-state index contributed by atoms with van der Waals surface area (Å²) in [4.78, 5) is 0.138. The van der Waals surface area contributed by atoms with Gasteiger partial charge in [-0.3, -0.25) is 0 Å². The summed E-state index contributed by atoms with van der Waals surface area (Å²) in [6.07, 6.45) is -4.46. The number of halogens is 3. The summed E-state index contributed by atoms with van der Waals surface area (Å²) in [5, 5.41) is 0. The predicted octanol–water partition coefficient (Wildman–Crippen LogP) is 5.51. The standard InChI is InChI=1S/C23H21F3N2O3S2/c1-16-3-11-20(12-4-16)32(29,27-33(30,31)21-13-5-17(2)6-14-21)28-15-22(28)18-7-9-19(10-8-18)23(24,25)26/h3-14,22H,15H2,1-2H3. The van der Waals surface area contributed by atoms with Crippen LogP contribution in [0.1, 0.15) is 28.3 Å². The molecule has 4 rings (SSSR count). The fraction of sp³-hybridized carbons (Fsp3) is 0.217. The van der Waals surface area contributed by atoms with E-state index in [1.807, 2.05) is 13.8 Å². The summed E-state index contributed by atoms with van der Waals surface area (Å²) in [6.45, 7) is 3.85. The van der Waals surface area contributed by atoms with Crippen molar-refractivity contribution >= 4 is 19.9 Å². The molecule has 33 heavy (non-hydrogen) atoms. The third kappa shape index (κ3) is 4.83. The molecule has 3 aromatic carbocycles. The summed E-state index contributed by atoms with van der Waals surface area (Å²) in [6, 6.07) is 16.6. The average molecular weight is 495 g/mol. The zero-order chi connectivity index (χ0) is 24.0. The molecule has 3 atom stereocenters. The van der Waals surface area contributed by atoms with Gasteiger partial charge in [-0.25, -0.2) is 8.51 Å². The highest BCUT2D eigenvalue weighted by Crippen LogP contribution is 2.43. The number of rotatable bonds is 5. The van der Waals surface area contributed by atoms with Gasteiger partial charge in [0.2, 0.25) is 0 Å². The Kier molecular flexibility index (Phi) is 5.88. The second-order valence-electron chi connectivity index (χ2n) is 7.91. The van der Waals surface area contributed by atoms with Crippen LogP contribution >= 0.6 is 0 Å². The molecule has 1 aliphatic heterocycles. The largest absolute Gasteiger partial charge is 0.416 e. The Labute approximate surface area is 191 Å². The van der Waals surface area contributed by atoms with E-state index in [9.17, 15) is 25.8 Å². The van der Waals surface area contributed by atoms with Gasteiger partial charge in [0.15, 0.2) is 9.92 Å². The van der Waals surface area contributed by atoms with Gasteiger partial charge in [-0.15, -0.1) is 0 Å². The van der Waals surface area contributed by atoms with Crippen molar-refractivity contribution in [3.8, 4) is 0 Å². The molecule has 0 amide bonds. The minimum Gasteiger partial charge on any atom is -0.227 e. The maximum atomic E-state index is 14.1. The SMILES string of the molecule is Cc1ccc(S(=O)(=O)N=S(=O)(c2ccc(C)cc2)N2CC2c2ccc(C(F)(F)F)cc2)cc1. The fourth-order valence-electron chi connectivity index (χ4n) is 3.39. The number of alkyl halides is 3. The zero-order valence-electron chi connectivity index (χ0n) is 17.8. The average Bonchev–Trinajstić information content (AvgIpc) is 3.55. The van der Waals surface area contributed by atoms with Gasteiger partial charge in [0.1, 0.15) is 0 Å². The van der Waals surface area contributed by atoms with Crippen LogP contribution in [0.5, 0.6) is 0 Å². The minimum absolute atomic E-state index is 0.0825. The smallest absolute Gasteiger partial charge is 0.227 e. The van der Waals surface area contributed by atoms with Crippen molar-refractivity contribution < 1.29 is 25.8 Å². The van der Waals surface area contributed by atoms with Crippen molar-refractivity contribution in [1.82, 2.24) is 4.31 Å². The molecule has 0 N–H and O–H groups in total. The Morgan fingerprint density at radius 2 is 1.27 bits per heavy atom. The first-order valence-corrected chi connectivity index (χ1v) is 12.9. The van der Waals surface area contributed by atoms with Crippen LogP contribution in [0, 0.1) is 13.8 Å². The molecule has 0 radical (unpaired) electrons. The zero-order valence-corrected chi connectivity index (χ0v) is 19.4. The van der Waals surface area contributed by atoms with Gasteiger partial charge in [0.05, 0.1) is 21.4 Å². The summed E-state index contributed by atoms with van der Waals surface area (Å²) >= 11 is 0. The van der Waals surface area contributed by atoms with E-state index in [1.165, 1.54) is 28.6 Å². The van der Waals surface area contributed by atoms with E-state index in [1.54, 1.807) is 36.4 Å². The van der Waals surface area contributed by atoms with Crippen LogP contribution in [0.3, 0.4) is 0 Å². The molecule has 3 aromatic rings. The van der Waals surface area contributed by atoms with E-state index >= 15 is 0 Å². The van der Waals surface area contributed by atoms with Crippen LogP contribution in [0.4, 0.5) is 13.2 Å². The molecule has 0 aromatic heterocycles. The van der Waals surface area contributed by atoms with Crippen molar-refractivity contribution in [2.24, 2.45) is 3.77 Å². The van der Waals surface area contributed by atoms with Crippen LogP contribution in [0.2, 0.25) is 0 Å². The summed E-state index contributed by atoms with van der Waals surface area (Å²) in [5.74, 6) is 0. The van der Waals surface area contributed by atoms with E-state index in [4.69, 9.17) is 0 Å². The Morgan fingerprint density at radius 1 is 0.788 bits per heavy atom. The number of sulfonamides is 1. The topological polar surface area (TPSA) is 66.6 Å². The Morgan fingerprint density at radius 3 is 1.76 bits per heavy atom. The molecule has 174 valence electrons. The van der Waals surface area contributed by atoms with E-state index in [2.05, 4.69) is 3.77 Å². The first-order valence-electron chi connectivity index (χ1n) is 10.0. The van der Waals surface area contributed by atoms with E-state index in [0.717, 1.165) is 23.3 Å². The molecule has 0 aliphatic carbocycles. The van der Waals surface area contributed by atoms with E-state index in [-0.39, 0.29) is 16.3 Å². The van der Waals surface area contributed by atoms with Gasteiger partial charge >= 0.3 is 6.18 Å². The van der Waals surface area contributed by atoms with Crippen LogP contribution in [-0.4, -0.2) is 23.5 Å². The van der Waals surface area contributed by atoms with E-state index < -0.39 is 37.7 Å². The lowest BCUT2D eigenvalue weighted by Gasteiger charge is -2.14. The minimum atomic E-state index is -4.46. The molecule has 0 bridgehead atoms. The number of hydrogen-bond donors (Lipinski definition) is 0. The van der Waals surface area contributed by atoms with Crippen LogP contribution < -0.4 is 0 Å². The molecule has 1 aliphatic rings. The molecule has 1 heterocycles. The first-order chi connectivity index (χ1) is 15.4. The maximum absolute atomic E-state index is 14.1. The number of benzene rings is 3. The lowest BCUT2D eigenvalue weighted by Crippen LogP contribution is -2.16. The Hall–Kier alpha value is -2.69. The highest BCUT2D eigenvalue weighted by atomic mass is 32.3. The lowest BCUT2D eigenvalue weighted by molar-refractivity contribution is -0.137. The summed E-state index contributed by atoms with van der Waals surface area (Å²) in [7, 11) is -7.86. The van der Waals surface area contributed by atoms with Crippen molar-refractivity contribution in [1.29, 1.82) is 0 Å². The number of hydrogen-bond acceptors (Lipinski definition) is 3. The van der Waals surface area contributed by atoms with Crippen molar-refractivity contribution in [3.63, 3.8) is 0 Å². The molecular weight excluding hydrogens is 473 g/mol. The number of nitrogens with zero attached hydrogens (tertiary/aromatic N) is 2. The van der Waals surface area contributed by atoms with Gasteiger partial charge in [-0.1, -0.05) is 51.3 Å². The normalized spacial score (nSPS) is 20.2. The summed E-state index contributed by atoms with van der Waals surface area (Å²) in [5.41, 5.74) is 1.48. The first kappa shape index (κ1) is 23.5. The van der Waals surface area contributed by atoms with Crippen LogP contribution in [-0.2, 0) is 26.1 Å². The predicted molar refractivity (Wildman–Crippen MR) is 119 cm³/mol. The molecule has 1 fully saturated rings. The Bertz CT molecular complexity index is 1390. The number of aryl methyl sites for hydroxylation is 2. The van der Waals surface area contributed by atoms with Gasteiger partial charge in [0.25, 0.3) is 10.0 Å². The van der Waals surface area contributed by atoms with Crippen LogP contribution in [0.15, 0.2) is 86.4 Å². The van der Waals surface area contributed by atoms with Gasteiger partial charge < -0.3 is 0 Å². The third-order valence-corrected chi connectivity index (χ3v) is 9.74. The van der Waals surface area contributed by atoms with Gasteiger partial charge in [-0.2, -0.15) is 21.6 Å². The maximum Gasteiger partial charge on any atom is 0.416 e. The third-order valence-electron chi connectivity index (χ3n) is 5.35. The molecule has 0 spiro atoms. The van der Waals surface area contributed by atoms with Crippen molar-refractivity contribution in [2.75, 3.05) is 6.54 Å². The highest BCUT2D eigenvalue weighted by molar-refractivity contribution is 8.02. The molecular formula is C23H21F3N2O3S2. The monoisotopic (exact) mass is 494 g/mol. The second kappa shape index (κ2) is 8.27. The van der Waals surface area contributed by atoms with Crippen molar-refractivity contribution in [2.45, 2.75) is 35.9 Å². The van der Waals surface area contributed by atoms with Gasteiger partial charge in [-0.05, 0) is 55.8 Å². The molecule has 10 heteroatoms.